The third kappa shape index (κ3) is 3.90. The van der Waals surface area contributed by atoms with Crippen LogP contribution in [0, 0.1) is 0 Å². The minimum absolute atomic E-state index is 0.0604. The number of rotatable bonds is 3. The van der Waals surface area contributed by atoms with Crippen LogP contribution in [0.5, 0.6) is 0 Å². The molecule has 150 valence electrons. The second-order valence-corrected chi connectivity index (χ2v) is 7.93. The molecule has 2 aromatic rings. The molecule has 2 aliphatic rings. The van der Waals surface area contributed by atoms with E-state index in [-0.39, 0.29) is 20.7 Å². The van der Waals surface area contributed by atoms with Gasteiger partial charge in [-0.15, -0.1) is 0 Å². The van der Waals surface area contributed by atoms with Gasteiger partial charge in [-0.2, -0.15) is 0 Å². The Labute approximate surface area is 183 Å². The molecule has 6 nitrogen and oxygen atoms in total. The highest BCUT2D eigenvalue weighted by Gasteiger charge is 2.36. The number of piperidine rings is 1. The van der Waals surface area contributed by atoms with Crippen molar-refractivity contribution in [3.63, 3.8) is 0 Å². The first kappa shape index (κ1) is 19.9. The lowest BCUT2D eigenvalue weighted by molar-refractivity contribution is -0.122. The van der Waals surface area contributed by atoms with Gasteiger partial charge < -0.3 is 9.32 Å². The Kier molecular flexibility index (Phi) is 5.63. The highest BCUT2D eigenvalue weighted by Crippen LogP contribution is 2.34. The van der Waals surface area contributed by atoms with E-state index in [9.17, 15) is 9.59 Å². The largest absolute Gasteiger partial charge is 0.441 e. The number of nitrogens with one attached hydrogen (secondary N) is 1. The van der Waals surface area contributed by atoms with Gasteiger partial charge in [-0.1, -0.05) is 29.3 Å². The van der Waals surface area contributed by atoms with Crippen LogP contribution < -0.4 is 15.1 Å². The Balaban J connectivity index is 1.65. The molecule has 2 saturated heterocycles. The third-order valence-electron chi connectivity index (χ3n) is 4.84. The lowest BCUT2D eigenvalue weighted by atomic mass is 10.1. The van der Waals surface area contributed by atoms with Gasteiger partial charge in [0, 0.05) is 19.2 Å². The molecule has 1 N–H and O–H groups in total. The smallest absolute Gasteiger partial charge is 0.270 e. The minimum Gasteiger partial charge on any atom is -0.441 e. The van der Waals surface area contributed by atoms with E-state index in [4.69, 9.17) is 39.8 Å². The number of carbonyl (C=O) groups is 2. The van der Waals surface area contributed by atoms with Crippen molar-refractivity contribution < 1.29 is 14.0 Å². The van der Waals surface area contributed by atoms with Gasteiger partial charge in [-0.3, -0.25) is 19.8 Å². The van der Waals surface area contributed by atoms with E-state index in [1.807, 2.05) is 6.07 Å². The summed E-state index contributed by atoms with van der Waals surface area (Å²) in [6, 6.07) is 8.44. The minimum atomic E-state index is -0.598. The Morgan fingerprint density at radius 2 is 1.83 bits per heavy atom. The molecule has 3 heterocycles. The first-order valence-corrected chi connectivity index (χ1v) is 10.3. The number of benzene rings is 1. The first-order valence-electron chi connectivity index (χ1n) is 9.16. The Hall–Kier alpha value is -2.35. The van der Waals surface area contributed by atoms with Gasteiger partial charge in [-0.25, -0.2) is 0 Å². The van der Waals surface area contributed by atoms with Gasteiger partial charge >= 0.3 is 0 Å². The molecule has 2 amide bonds. The summed E-state index contributed by atoms with van der Waals surface area (Å²) in [5.74, 6) is -0.0522. The van der Waals surface area contributed by atoms with Crippen LogP contribution >= 0.6 is 35.4 Å². The van der Waals surface area contributed by atoms with Crippen molar-refractivity contribution in [1.29, 1.82) is 0 Å². The van der Waals surface area contributed by atoms with Crippen molar-refractivity contribution in [1.82, 2.24) is 5.32 Å². The average molecular weight is 450 g/mol. The van der Waals surface area contributed by atoms with Crippen molar-refractivity contribution in [3.8, 4) is 0 Å². The number of hydrogen-bond acceptors (Lipinski definition) is 5. The van der Waals surface area contributed by atoms with Crippen molar-refractivity contribution in [2.24, 2.45) is 0 Å². The first-order chi connectivity index (χ1) is 14.0. The van der Waals surface area contributed by atoms with Gasteiger partial charge in [0.15, 0.2) is 11.0 Å². The highest BCUT2D eigenvalue weighted by molar-refractivity contribution is 7.80. The normalized spacial score (nSPS) is 19.1. The molecule has 0 spiro atoms. The van der Waals surface area contributed by atoms with Gasteiger partial charge in [0.05, 0.1) is 15.7 Å². The molecule has 0 saturated carbocycles. The van der Waals surface area contributed by atoms with Gasteiger partial charge in [0.1, 0.15) is 11.3 Å². The van der Waals surface area contributed by atoms with E-state index in [0.717, 1.165) is 36.7 Å². The summed E-state index contributed by atoms with van der Waals surface area (Å²) in [6.07, 6.45) is 4.86. The predicted molar refractivity (Wildman–Crippen MR) is 117 cm³/mol. The number of thiocarbonyl (C=S) groups is 1. The lowest BCUT2D eigenvalue weighted by Gasteiger charge is -2.29. The van der Waals surface area contributed by atoms with E-state index in [1.165, 1.54) is 12.5 Å². The molecule has 29 heavy (non-hydrogen) atoms. The Morgan fingerprint density at radius 1 is 1.07 bits per heavy atom. The molecular formula is C20H17Cl2N3O3S. The average Bonchev–Trinajstić information content (AvgIpc) is 3.18. The van der Waals surface area contributed by atoms with Crippen LogP contribution in [-0.2, 0) is 9.59 Å². The fourth-order valence-corrected chi connectivity index (χ4v) is 4.04. The standard InChI is InChI=1S/C20H17Cl2N3O3S/c21-14-5-4-6-15(17(14)22)25-19(27)13(18(26)23-20(25)29)11-12-7-8-16(28-12)24-9-2-1-3-10-24/h4-8,11H,1-3,9-10H2,(H,23,26,29)/b13-11-. The van der Waals surface area contributed by atoms with Crippen molar-refractivity contribution in [2.45, 2.75) is 19.3 Å². The number of halogens is 2. The van der Waals surface area contributed by atoms with E-state index in [2.05, 4.69) is 10.2 Å². The molecule has 1 aromatic carbocycles. The summed E-state index contributed by atoms with van der Waals surface area (Å²) in [5, 5.41) is 2.91. The fourth-order valence-electron chi connectivity index (χ4n) is 3.39. The fraction of sp³-hybridized carbons (Fsp3) is 0.250. The lowest BCUT2D eigenvalue weighted by Crippen LogP contribution is -2.54. The van der Waals surface area contributed by atoms with Crippen molar-refractivity contribution in [3.05, 3.63) is 51.7 Å². The van der Waals surface area contributed by atoms with Crippen molar-refractivity contribution in [2.75, 3.05) is 22.9 Å². The number of furan rings is 1. The number of carbonyl (C=O) groups excluding carboxylic acids is 2. The van der Waals surface area contributed by atoms with E-state index < -0.39 is 11.8 Å². The number of anilines is 2. The van der Waals surface area contributed by atoms with Gasteiger partial charge in [0.2, 0.25) is 0 Å². The zero-order chi connectivity index (χ0) is 20.5. The van der Waals surface area contributed by atoms with Gasteiger partial charge in [-0.05, 0) is 55.8 Å². The maximum Gasteiger partial charge on any atom is 0.270 e. The summed E-state index contributed by atoms with van der Waals surface area (Å²) in [5.41, 5.74) is 0.197. The molecule has 4 rings (SSSR count). The predicted octanol–water partition coefficient (Wildman–Crippen LogP) is 4.41. The van der Waals surface area contributed by atoms with E-state index >= 15 is 0 Å². The van der Waals surface area contributed by atoms with Crippen LogP contribution in [-0.4, -0.2) is 30.0 Å². The van der Waals surface area contributed by atoms with Crippen LogP contribution in [0.2, 0.25) is 10.0 Å². The monoisotopic (exact) mass is 449 g/mol. The molecule has 2 aliphatic heterocycles. The second-order valence-electron chi connectivity index (χ2n) is 6.75. The Bertz CT molecular complexity index is 1030. The third-order valence-corrected chi connectivity index (χ3v) is 5.93. The molecule has 0 radical (unpaired) electrons. The van der Waals surface area contributed by atoms with Crippen molar-refractivity contribution >= 4 is 70.0 Å². The summed E-state index contributed by atoms with van der Waals surface area (Å²) in [6.45, 7) is 1.86. The molecule has 0 bridgehead atoms. The molecule has 0 atom stereocenters. The zero-order valence-corrected chi connectivity index (χ0v) is 17.6. The topological polar surface area (TPSA) is 65.8 Å². The SMILES string of the molecule is O=C1NC(=S)N(c2cccc(Cl)c2Cl)C(=O)/C1=C\c1ccc(N2CCCCC2)o1. The van der Waals surface area contributed by atoms with Crippen LogP contribution in [0.15, 0.2) is 40.3 Å². The number of hydrogen-bond donors (Lipinski definition) is 1. The van der Waals surface area contributed by atoms with E-state index in [1.54, 1.807) is 24.3 Å². The zero-order valence-electron chi connectivity index (χ0n) is 15.3. The molecule has 9 heteroatoms. The maximum atomic E-state index is 13.1. The summed E-state index contributed by atoms with van der Waals surface area (Å²) in [7, 11) is 0. The van der Waals surface area contributed by atoms with Crippen LogP contribution in [0.3, 0.4) is 0 Å². The molecular weight excluding hydrogens is 433 g/mol. The Morgan fingerprint density at radius 3 is 2.59 bits per heavy atom. The van der Waals surface area contributed by atoms with E-state index in [0.29, 0.717) is 11.4 Å². The molecule has 2 fully saturated rings. The maximum absolute atomic E-state index is 13.1. The van der Waals surface area contributed by atoms with Gasteiger partial charge in [0.25, 0.3) is 11.8 Å². The highest BCUT2D eigenvalue weighted by atomic mass is 35.5. The summed E-state index contributed by atoms with van der Waals surface area (Å²) >= 11 is 17.5. The van der Waals surface area contributed by atoms with Crippen LogP contribution in [0.4, 0.5) is 11.6 Å². The van der Waals surface area contributed by atoms with Crippen LogP contribution in [0.25, 0.3) is 6.08 Å². The molecule has 0 unspecified atom stereocenters. The van der Waals surface area contributed by atoms with Crippen LogP contribution in [0.1, 0.15) is 25.0 Å². The quantitative estimate of drug-likeness (QED) is 0.427. The second kappa shape index (κ2) is 8.18. The number of amides is 2. The summed E-state index contributed by atoms with van der Waals surface area (Å²) < 4.78 is 5.85. The molecule has 1 aromatic heterocycles. The number of nitrogens with zero attached hydrogens (tertiary/aromatic N) is 2. The summed E-state index contributed by atoms with van der Waals surface area (Å²) in [4.78, 5) is 28.8. The molecule has 0 aliphatic carbocycles.